The number of ether oxygens (including phenoxy) is 3. The number of amides is 1. The molecule has 2 aromatic rings. The molecule has 0 atom stereocenters. The highest BCUT2D eigenvalue weighted by Crippen LogP contribution is 2.35. The summed E-state index contributed by atoms with van der Waals surface area (Å²) in [5.41, 5.74) is 0.377. The van der Waals surface area contributed by atoms with Crippen molar-refractivity contribution in [3.63, 3.8) is 0 Å². The fourth-order valence-electron chi connectivity index (χ4n) is 2.15. The van der Waals surface area contributed by atoms with Gasteiger partial charge in [-0.1, -0.05) is 11.6 Å². The lowest BCUT2D eigenvalue weighted by molar-refractivity contribution is 0.0951. The SMILES string of the molecule is COc1cc(C(=O)NCCCOc2ccc(F)cc2)cc(Cl)c1OC. The second kappa shape index (κ2) is 9.13. The van der Waals surface area contributed by atoms with Crippen molar-refractivity contribution in [1.29, 1.82) is 0 Å². The largest absolute Gasteiger partial charge is 0.494 e. The molecule has 0 fully saturated rings. The van der Waals surface area contributed by atoms with E-state index in [4.69, 9.17) is 25.8 Å². The van der Waals surface area contributed by atoms with Gasteiger partial charge in [0.25, 0.3) is 5.91 Å². The minimum atomic E-state index is -0.312. The van der Waals surface area contributed by atoms with Crippen molar-refractivity contribution >= 4 is 17.5 Å². The molecule has 0 radical (unpaired) electrons. The predicted molar refractivity (Wildman–Crippen MR) is 93.4 cm³/mol. The van der Waals surface area contributed by atoms with Crippen molar-refractivity contribution in [2.24, 2.45) is 0 Å². The van der Waals surface area contributed by atoms with Gasteiger partial charge in [-0.25, -0.2) is 4.39 Å². The minimum Gasteiger partial charge on any atom is -0.494 e. The third kappa shape index (κ3) is 5.26. The van der Waals surface area contributed by atoms with Crippen molar-refractivity contribution in [2.75, 3.05) is 27.4 Å². The average molecular weight is 368 g/mol. The number of nitrogens with one attached hydrogen (secondary N) is 1. The lowest BCUT2D eigenvalue weighted by atomic mass is 10.2. The number of carbonyl (C=O) groups excluding carboxylic acids is 1. The summed E-state index contributed by atoms with van der Waals surface area (Å²) in [6.07, 6.45) is 0.601. The molecule has 0 aliphatic carbocycles. The molecule has 0 bridgehead atoms. The van der Waals surface area contributed by atoms with Crippen LogP contribution in [-0.4, -0.2) is 33.3 Å². The summed E-state index contributed by atoms with van der Waals surface area (Å²) in [5.74, 6) is 0.769. The second-order valence-corrected chi connectivity index (χ2v) is 5.51. The van der Waals surface area contributed by atoms with Crippen LogP contribution in [0.3, 0.4) is 0 Å². The van der Waals surface area contributed by atoms with Crippen LogP contribution in [0.4, 0.5) is 4.39 Å². The molecule has 0 aliphatic heterocycles. The first kappa shape index (κ1) is 18.9. The maximum atomic E-state index is 12.8. The number of hydrogen-bond acceptors (Lipinski definition) is 4. The Hall–Kier alpha value is -2.47. The Morgan fingerprint density at radius 2 is 1.88 bits per heavy atom. The minimum absolute atomic E-state index is 0.273. The fraction of sp³-hybridized carbons (Fsp3) is 0.278. The van der Waals surface area contributed by atoms with Crippen molar-refractivity contribution in [3.05, 3.63) is 52.8 Å². The van der Waals surface area contributed by atoms with Gasteiger partial charge in [0.2, 0.25) is 0 Å². The molecule has 7 heteroatoms. The first-order valence-corrected chi connectivity index (χ1v) is 8.01. The molecule has 2 aromatic carbocycles. The number of methoxy groups -OCH3 is 2. The molecule has 0 saturated carbocycles. The van der Waals surface area contributed by atoms with Gasteiger partial charge in [-0.15, -0.1) is 0 Å². The number of benzene rings is 2. The lowest BCUT2D eigenvalue weighted by Crippen LogP contribution is -2.25. The van der Waals surface area contributed by atoms with Crippen molar-refractivity contribution < 1.29 is 23.4 Å². The smallest absolute Gasteiger partial charge is 0.251 e. The molecular formula is C18H19ClFNO4. The summed E-state index contributed by atoms with van der Waals surface area (Å²) >= 11 is 6.09. The van der Waals surface area contributed by atoms with E-state index in [1.54, 1.807) is 18.2 Å². The van der Waals surface area contributed by atoms with Crippen molar-refractivity contribution in [2.45, 2.75) is 6.42 Å². The first-order chi connectivity index (χ1) is 12.0. The Balaban J connectivity index is 1.82. The van der Waals surface area contributed by atoms with Crippen LogP contribution >= 0.6 is 11.6 Å². The van der Waals surface area contributed by atoms with Crippen LogP contribution in [0.1, 0.15) is 16.8 Å². The summed E-state index contributed by atoms with van der Waals surface area (Å²) in [6, 6.07) is 8.86. The summed E-state index contributed by atoms with van der Waals surface area (Å²) in [6.45, 7) is 0.824. The van der Waals surface area contributed by atoms with Gasteiger partial charge in [0, 0.05) is 12.1 Å². The molecule has 2 rings (SSSR count). The third-order valence-electron chi connectivity index (χ3n) is 3.38. The molecular weight excluding hydrogens is 349 g/mol. The van der Waals surface area contributed by atoms with Gasteiger partial charge in [-0.2, -0.15) is 0 Å². The molecule has 0 spiro atoms. The zero-order chi connectivity index (χ0) is 18.2. The Labute approximate surface area is 150 Å². The number of hydrogen-bond donors (Lipinski definition) is 1. The molecule has 0 saturated heterocycles. The Morgan fingerprint density at radius 3 is 2.52 bits per heavy atom. The standard InChI is InChI=1S/C18H19ClFNO4/c1-23-16-11-12(10-15(19)17(16)24-2)18(22)21-8-3-9-25-14-6-4-13(20)5-7-14/h4-7,10-11H,3,8-9H2,1-2H3,(H,21,22). The molecule has 1 N–H and O–H groups in total. The van der Waals surface area contributed by atoms with Gasteiger partial charge in [-0.3, -0.25) is 4.79 Å². The first-order valence-electron chi connectivity index (χ1n) is 7.63. The molecule has 0 aromatic heterocycles. The highest BCUT2D eigenvalue weighted by molar-refractivity contribution is 6.32. The molecule has 134 valence electrons. The molecule has 5 nitrogen and oxygen atoms in total. The van der Waals surface area contributed by atoms with Crippen LogP contribution in [0.15, 0.2) is 36.4 Å². The third-order valence-corrected chi connectivity index (χ3v) is 3.67. The Morgan fingerprint density at radius 1 is 1.16 bits per heavy atom. The zero-order valence-corrected chi connectivity index (χ0v) is 14.7. The Bertz CT molecular complexity index is 722. The molecule has 25 heavy (non-hydrogen) atoms. The second-order valence-electron chi connectivity index (χ2n) is 5.11. The fourth-order valence-corrected chi connectivity index (χ4v) is 2.43. The van der Waals surface area contributed by atoms with Crippen LogP contribution in [0.5, 0.6) is 17.2 Å². The predicted octanol–water partition coefficient (Wildman–Crippen LogP) is 3.70. The van der Waals surface area contributed by atoms with Crippen LogP contribution in [0, 0.1) is 5.82 Å². The van der Waals surface area contributed by atoms with E-state index in [-0.39, 0.29) is 11.7 Å². The summed E-state index contributed by atoms with van der Waals surface area (Å²) in [4.78, 5) is 12.2. The molecule has 1 amide bonds. The summed E-state index contributed by atoms with van der Waals surface area (Å²) in [7, 11) is 2.95. The van der Waals surface area contributed by atoms with E-state index in [1.165, 1.54) is 32.4 Å². The maximum Gasteiger partial charge on any atom is 0.251 e. The average Bonchev–Trinajstić information content (AvgIpc) is 2.62. The monoisotopic (exact) mass is 367 g/mol. The van der Waals surface area contributed by atoms with E-state index in [0.717, 1.165) is 0 Å². The van der Waals surface area contributed by atoms with Gasteiger partial charge in [0.1, 0.15) is 11.6 Å². The van der Waals surface area contributed by atoms with Gasteiger partial charge in [-0.05, 0) is 42.8 Å². The van der Waals surface area contributed by atoms with Crippen molar-refractivity contribution in [3.8, 4) is 17.2 Å². The van der Waals surface area contributed by atoms with Gasteiger partial charge < -0.3 is 19.5 Å². The normalized spacial score (nSPS) is 10.2. The van der Waals surface area contributed by atoms with E-state index >= 15 is 0 Å². The molecule has 0 aliphatic rings. The van der Waals surface area contributed by atoms with Crippen LogP contribution in [0.2, 0.25) is 5.02 Å². The van der Waals surface area contributed by atoms with Crippen LogP contribution in [0.25, 0.3) is 0 Å². The lowest BCUT2D eigenvalue weighted by Gasteiger charge is -2.12. The van der Waals surface area contributed by atoms with E-state index in [9.17, 15) is 9.18 Å². The quantitative estimate of drug-likeness (QED) is 0.723. The van der Waals surface area contributed by atoms with E-state index in [1.807, 2.05) is 0 Å². The maximum absolute atomic E-state index is 12.8. The van der Waals surface area contributed by atoms with Crippen molar-refractivity contribution in [1.82, 2.24) is 5.32 Å². The van der Waals surface area contributed by atoms with E-state index in [2.05, 4.69) is 5.32 Å². The van der Waals surface area contributed by atoms with Crippen LogP contribution < -0.4 is 19.5 Å². The topological polar surface area (TPSA) is 56.8 Å². The number of halogens is 2. The van der Waals surface area contributed by atoms with Gasteiger partial charge in [0.05, 0.1) is 25.8 Å². The number of rotatable bonds is 8. The zero-order valence-electron chi connectivity index (χ0n) is 14.0. The van der Waals surface area contributed by atoms with Gasteiger partial charge in [0.15, 0.2) is 11.5 Å². The Kier molecular flexibility index (Phi) is 6.89. The number of carbonyl (C=O) groups is 1. The van der Waals surface area contributed by atoms with E-state index < -0.39 is 0 Å². The van der Waals surface area contributed by atoms with Crippen LogP contribution in [-0.2, 0) is 0 Å². The molecule has 0 heterocycles. The van der Waals surface area contributed by atoms with Gasteiger partial charge >= 0.3 is 0 Å². The highest BCUT2D eigenvalue weighted by Gasteiger charge is 2.14. The van der Waals surface area contributed by atoms with E-state index in [0.29, 0.717) is 47.4 Å². The highest BCUT2D eigenvalue weighted by atomic mass is 35.5. The summed E-state index contributed by atoms with van der Waals surface area (Å²) in [5, 5.41) is 3.07. The summed E-state index contributed by atoms with van der Waals surface area (Å²) < 4.78 is 28.5. The molecule has 0 unspecified atom stereocenters.